The molecule has 4 rings (SSSR count). The second kappa shape index (κ2) is 10.2. The first-order valence-electron chi connectivity index (χ1n) is 10.5. The monoisotopic (exact) mass is 451 g/mol. The van der Waals surface area contributed by atoms with E-state index < -0.39 is 17.8 Å². The van der Waals surface area contributed by atoms with Crippen LogP contribution >= 0.6 is 0 Å². The van der Waals surface area contributed by atoms with Crippen LogP contribution in [0.5, 0.6) is 5.75 Å². The van der Waals surface area contributed by atoms with Crippen molar-refractivity contribution in [2.45, 2.75) is 6.92 Å². The predicted octanol–water partition coefficient (Wildman–Crippen LogP) is 4.46. The van der Waals surface area contributed by atoms with Crippen LogP contribution in [0.3, 0.4) is 0 Å². The highest BCUT2D eigenvalue weighted by atomic mass is 16.5. The third-order valence-electron chi connectivity index (χ3n) is 5.02. The molecule has 4 aromatic carbocycles. The summed E-state index contributed by atoms with van der Waals surface area (Å²) in [6.45, 7) is 1.93. The Hall–Kier alpha value is -4.78. The van der Waals surface area contributed by atoms with Crippen LogP contribution in [0.25, 0.3) is 10.8 Å². The summed E-state index contributed by atoms with van der Waals surface area (Å²) in [6, 6.07) is 26.6. The van der Waals surface area contributed by atoms with Gasteiger partial charge in [0.05, 0.1) is 11.8 Å². The molecule has 0 saturated heterocycles. The molecule has 34 heavy (non-hydrogen) atoms. The molecule has 4 aromatic rings. The smallest absolute Gasteiger partial charge is 0.343 e. The van der Waals surface area contributed by atoms with Gasteiger partial charge in [-0.2, -0.15) is 5.10 Å². The van der Waals surface area contributed by atoms with Gasteiger partial charge in [-0.1, -0.05) is 66.2 Å². The first-order valence-corrected chi connectivity index (χ1v) is 10.5. The maximum atomic E-state index is 12.7. The fourth-order valence-electron chi connectivity index (χ4n) is 3.26. The van der Waals surface area contributed by atoms with Crippen LogP contribution in [0.15, 0.2) is 96.1 Å². The number of hydrogen-bond donors (Lipinski definition) is 2. The maximum absolute atomic E-state index is 12.7. The predicted molar refractivity (Wildman–Crippen MR) is 131 cm³/mol. The number of nitrogens with zero attached hydrogens (tertiary/aromatic N) is 1. The molecule has 0 atom stereocenters. The second-order valence-corrected chi connectivity index (χ2v) is 7.47. The molecule has 0 unspecified atom stereocenters. The van der Waals surface area contributed by atoms with Crippen LogP contribution in [-0.2, 0) is 9.59 Å². The summed E-state index contributed by atoms with van der Waals surface area (Å²) in [4.78, 5) is 36.9. The van der Waals surface area contributed by atoms with Crippen molar-refractivity contribution in [2.24, 2.45) is 5.10 Å². The molecule has 0 aromatic heterocycles. The van der Waals surface area contributed by atoms with Gasteiger partial charge in [0.2, 0.25) is 0 Å². The summed E-state index contributed by atoms with van der Waals surface area (Å²) in [5.74, 6) is -2.03. The van der Waals surface area contributed by atoms with E-state index in [1.807, 2.05) is 49.4 Å². The number of benzene rings is 4. The van der Waals surface area contributed by atoms with E-state index in [9.17, 15) is 14.4 Å². The van der Waals surface area contributed by atoms with Gasteiger partial charge in [0.1, 0.15) is 5.75 Å². The molecular weight excluding hydrogens is 430 g/mol. The molecule has 0 radical (unpaired) electrons. The largest absolute Gasteiger partial charge is 0.422 e. The van der Waals surface area contributed by atoms with Crippen LogP contribution in [-0.4, -0.2) is 24.0 Å². The highest BCUT2D eigenvalue weighted by Crippen LogP contribution is 2.27. The van der Waals surface area contributed by atoms with Gasteiger partial charge in [0.15, 0.2) is 0 Å². The third-order valence-corrected chi connectivity index (χ3v) is 5.02. The molecule has 2 N–H and O–H groups in total. The van der Waals surface area contributed by atoms with E-state index in [1.165, 1.54) is 6.21 Å². The van der Waals surface area contributed by atoms with Gasteiger partial charge in [0.25, 0.3) is 0 Å². The first kappa shape index (κ1) is 22.4. The number of fused-ring (bicyclic) bond motifs is 1. The molecule has 7 nitrogen and oxygen atoms in total. The van der Waals surface area contributed by atoms with Crippen LogP contribution in [0, 0.1) is 6.92 Å². The minimum Gasteiger partial charge on any atom is -0.422 e. The molecule has 0 aliphatic rings. The van der Waals surface area contributed by atoms with Crippen molar-refractivity contribution in [1.29, 1.82) is 0 Å². The van der Waals surface area contributed by atoms with E-state index in [4.69, 9.17) is 4.74 Å². The minimum absolute atomic E-state index is 0.274. The van der Waals surface area contributed by atoms with Crippen LogP contribution in [0.2, 0.25) is 0 Å². The summed E-state index contributed by atoms with van der Waals surface area (Å²) >= 11 is 0. The lowest BCUT2D eigenvalue weighted by Gasteiger charge is -2.11. The Balaban J connectivity index is 1.54. The Morgan fingerprint density at radius 3 is 2.26 bits per heavy atom. The molecule has 0 saturated carbocycles. The Bertz CT molecular complexity index is 1380. The molecule has 0 bridgehead atoms. The topological polar surface area (TPSA) is 96.9 Å². The SMILES string of the molecule is Cc1ccc(C(=O)Oc2ccc3ccccc3c2C=NNC(=O)C(=O)Nc2ccccc2)cc1. The highest BCUT2D eigenvalue weighted by molar-refractivity contribution is 6.39. The zero-order valence-corrected chi connectivity index (χ0v) is 18.3. The summed E-state index contributed by atoms with van der Waals surface area (Å²) in [6.07, 6.45) is 1.35. The van der Waals surface area contributed by atoms with E-state index in [1.54, 1.807) is 48.5 Å². The van der Waals surface area contributed by atoms with Crippen LogP contribution in [0.1, 0.15) is 21.5 Å². The van der Waals surface area contributed by atoms with Crippen molar-refractivity contribution in [2.75, 3.05) is 5.32 Å². The van der Waals surface area contributed by atoms with Crippen molar-refractivity contribution >= 4 is 40.5 Å². The standard InChI is InChI=1S/C27H21N3O4/c1-18-11-13-20(14-12-18)27(33)34-24-16-15-19-7-5-6-10-22(19)23(24)17-28-30-26(32)25(31)29-21-8-3-2-4-9-21/h2-17H,1H3,(H,29,31)(H,30,32). The molecule has 0 spiro atoms. The lowest BCUT2D eigenvalue weighted by Crippen LogP contribution is -2.32. The number of rotatable bonds is 5. The number of hydrazone groups is 1. The van der Waals surface area contributed by atoms with E-state index in [2.05, 4.69) is 15.8 Å². The Morgan fingerprint density at radius 1 is 0.794 bits per heavy atom. The van der Waals surface area contributed by atoms with Gasteiger partial charge in [-0.15, -0.1) is 0 Å². The average molecular weight is 451 g/mol. The van der Waals surface area contributed by atoms with Gasteiger partial charge in [0, 0.05) is 11.3 Å². The van der Waals surface area contributed by atoms with E-state index >= 15 is 0 Å². The van der Waals surface area contributed by atoms with Gasteiger partial charge in [-0.05, 0) is 48.0 Å². The van der Waals surface area contributed by atoms with Gasteiger partial charge in [-0.25, -0.2) is 10.2 Å². The Morgan fingerprint density at radius 2 is 1.50 bits per heavy atom. The van der Waals surface area contributed by atoms with Crippen molar-refractivity contribution in [3.63, 3.8) is 0 Å². The number of hydrogen-bond acceptors (Lipinski definition) is 5. The number of esters is 1. The lowest BCUT2D eigenvalue weighted by molar-refractivity contribution is -0.136. The van der Waals surface area contributed by atoms with Crippen molar-refractivity contribution in [3.8, 4) is 5.75 Å². The molecule has 0 aliphatic heterocycles. The fourth-order valence-corrected chi connectivity index (χ4v) is 3.26. The maximum Gasteiger partial charge on any atom is 0.343 e. The normalized spacial score (nSPS) is 10.7. The number of nitrogens with one attached hydrogen (secondary N) is 2. The van der Waals surface area contributed by atoms with Crippen LogP contribution in [0.4, 0.5) is 5.69 Å². The first-order chi connectivity index (χ1) is 16.5. The molecule has 0 fully saturated rings. The number of aryl methyl sites for hydroxylation is 1. The second-order valence-electron chi connectivity index (χ2n) is 7.47. The average Bonchev–Trinajstić information content (AvgIpc) is 2.86. The fraction of sp³-hybridized carbons (Fsp3) is 0.0370. The van der Waals surface area contributed by atoms with Crippen molar-refractivity contribution in [1.82, 2.24) is 5.43 Å². The molecule has 168 valence electrons. The quantitative estimate of drug-likeness (QED) is 0.154. The third kappa shape index (κ3) is 5.34. The minimum atomic E-state index is -0.932. The zero-order valence-electron chi connectivity index (χ0n) is 18.3. The number of carbonyl (C=O) groups is 3. The van der Waals surface area contributed by atoms with Crippen molar-refractivity contribution in [3.05, 3.63) is 108 Å². The number of para-hydroxylation sites is 1. The molecule has 0 heterocycles. The van der Waals surface area contributed by atoms with Gasteiger partial charge in [-0.3, -0.25) is 9.59 Å². The Kier molecular flexibility index (Phi) is 6.74. The zero-order chi connectivity index (χ0) is 23.9. The van der Waals surface area contributed by atoms with Gasteiger partial charge >= 0.3 is 17.8 Å². The highest BCUT2D eigenvalue weighted by Gasteiger charge is 2.15. The molecule has 7 heteroatoms. The number of ether oxygens (including phenoxy) is 1. The number of amides is 2. The summed E-state index contributed by atoms with van der Waals surface area (Å²) in [5.41, 5.74) is 4.63. The van der Waals surface area contributed by atoms with Gasteiger partial charge < -0.3 is 10.1 Å². The molecule has 0 aliphatic carbocycles. The molecular formula is C27H21N3O4. The Labute approximate surface area is 196 Å². The van der Waals surface area contributed by atoms with Crippen molar-refractivity contribution < 1.29 is 19.1 Å². The summed E-state index contributed by atoms with van der Waals surface area (Å²) in [7, 11) is 0. The number of carbonyl (C=O) groups excluding carboxylic acids is 3. The van der Waals surface area contributed by atoms with E-state index in [0.717, 1.165) is 16.3 Å². The molecule has 2 amide bonds. The summed E-state index contributed by atoms with van der Waals surface area (Å²) in [5, 5.41) is 8.08. The van der Waals surface area contributed by atoms with Crippen LogP contribution < -0.4 is 15.5 Å². The van der Waals surface area contributed by atoms with E-state index in [-0.39, 0.29) is 5.75 Å². The number of anilines is 1. The lowest BCUT2D eigenvalue weighted by atomic mass is 10.0. The summed E-state index contributed by atoms with van der Waals surface area (Å²) < 4.78 is 5.64. The van der Waals surface area contributed by atoms with E-state index in [0.29, 0.717) is 16.8 Å².